The van der Waals surface area contributed by atoms with Crippen LogP contribution >= 0.6 is 0 Å². The third-order valence-electron chi connectivity index (χ3n) is 6.56. The fourth-order valence-electron chi connectivity index (χ4n) is 4.48. The fraction of sp³-hybridized carbons (Fsp3) is 0.429. The molecule has 1 fully saturated rings. The normalized spacial score (nSPS) is 13.8. The van der Waals surface area contributed by atoms with Gasteiger partial charge in [-0.05, 0) is 61.7 Å². The Morgan fingerprint density at radius 1 is 1.08 bits per heavy atom. The molecule has 0 aromatic heterocycles. The first-order valence-corrected chi connectivity index (χ1v) is 14.2. The van der Waals surface area contributed by atoms with Gasteiger partial charge in [0.2, 0.25) is 15.9 Å². The Kier molecular flexibility index (Phi) is 9.98. The number of benzene rings is 2. The molecule has 0 aliphatic carbocycles. The number of carbonyl (C=O) groups excluding carboxylic acids is 2. The van der Waals surface area contributed by atoms with E-state index in [1.165, 1.54) is 18.5 Å². The van der Waals surface area contributed by atoms with Gasteiger partial charge in [0.15, 0.2) is 0 Å². The molecule has 0 bridgehead atoms. The highest BCUT2D eigenvalue weighted by Crippen LogP contribution is 2.28. The van der Waals surface area contributed by atoms with Crippen molar-refractivity contribution in [3.8, 4) is 5.75 Å². The SMILES string of the molecule is C=C(C)OC(=O)N1CCN(c2cccc(CNC(=O)CCN(C)S(=O)(=O)c3c(C)cc(OC)cc3C)c2)CC1. The molecule has 212 valence electrons. The Hall–Kier alpha value is -3.57. The van der Waals surface area contributed by atoms with Gasteiger partial charge in [0.1, 0.15) is 5.75 Å². The monoisotopic (exact) mass is 558 g/mol. The summed E-state index contributed by atoms with van der Waals surface area (Å²) in [5.41, 5.74) is 3.12. The topological polar surface area (TPSA) is 108 Å². The summed E-state index contributed by atoms with van der Waals surface area (Å²) in [7, 11) is -0.749. The van der Waals surface area contributed by atoms with Crippen molar-refractivity contribution in [2.24, 2.45) is 0 Å². The number of aryl methyl sites for hydroxylation is 2. The molecule has 0 spiro atoms. The molecule has 1 saturated heterocycles. The number of hydrogen-bond donors (Lipinski definition) is 1. The average Bonchev–Trinajstić information content (AvgIpc) is 2.89. The molecule has 0 unspecified atom stereocenters. The second-order valence-corrected chi connectivity index (χ2v) is 11.6. The lowest BCUT2D eigenvalue weighted by atomic mass is 10.1. The number of anilines is 1. The number of piperazine rings is 1. The van der Waals surface area contributed by atoms with Gasteiger partial charge in [-0.15, -0.1) is 0 Å². The van der Waals surface area contributed by atoms with Crippen molar-refractivity contribution in [2.45, 2.75) is 38.6 Å². The van der Waals surface area contributed by atoms with Gasteiger partial charge in [0.25, 0.3) is 0 Å². The molecule has 39 heavy (non-hydrogen) atoms. The molecular formula is C28H38N4O6S. The molecular weight excluding hydrogens is 520 g/mol. The Balaban J connectivity index is 1.51. The molecule has 1 aliphatic heterocycles. The van der Waals surface area contributed by atoms with Crippen LogP contribution in [0.1, 0.15) is 30.0 Å². The van der Waals surface area contributed by atoms with Crippen LogP contribution in [-0.2, 0) is 26.1 Å². The van der Waals surface area contributed by atoms with Gasteiger partial charge in [-0.25, -0.2) is 17.5 Å². The highest BCUT2D eigenvalue weighted by atomic mass is 32.2. The van der Waals surface area contributed by atoms with E-state index < -0.39 is 10.0 Å². The van der Waals surface area contributed by atoms with Crippen molar-refractivity contribution < 1.29 is 27.5 Å². The molecule has 3 rings (SSSR count). The van der Waals surface area contributed by atoms with Gasteiger partial charge in [-0.3, -0.25) is 4.79 Å². The summed E-state index contributed by atoms with van der Waals surface area (Å²) in [5, 5.41) is 2.88. The summed E-state index contributed by atoms with van der Waals surface area (Å²) in [4.78, 5) is 28.7. The minimum Gasteiger partial charge on any atom is -0.497 e. The first-order valence-electron chi connectivity index (χ1n) is 12.8. The number of nitrogens with zero attached hydrogens (tertiary/aromatic N) is 3. The van der Waals surface area contributed by atoms with Crippen molar-refractivity contribution >= 4 is 27.7 Å². The number of rotatable bonds is 10. The van der Waals surface area contributed by atoms with E-state index in [1.807, 2.05) is 24.3 Å². The molecule has 1 heterocycles. The van der Waals surface area contributed by atoms with Gasteiger partial charge in [0.05, 0.1) is 17.8 Å². The van der Waals surface area contributed by atoms with E-state index in [-0.39, 0.29) is 29.9 Å². The highest BCUT2D eigenvalue weighted by molar-refractivity contribution is 7.89. The largest absolute Gasteiger partial charge is 0.497 e. The Bertz CT molecular complexity index is 1300. The Morgan fingerprint density at radius 3 is 2.31 bits per heavy atom. The lowest BCUT2D eigenvalue weighted by molar-refractivity contribution is -0.121. The molecule has 0 radical (unpaired) electrons. The quantitative estimate of drug-likeness (QED) is 0.445. The van der Waals surface area contributed by atoms with Crippen LogP contribution in [0.3, 0.4) is 0 Å². The van der Waals surface area contributed by atoms with Gasteiger partial charge in [-0.2, -0.15) is 0 Å². The highest BCUT2D eigenvalue weighted by Gasteiger charge is 2.26. The van der Waals surface area contributed by atoms with Crippen molar-refractivity contribution in [2.75, 3.05) is 51.8 Å². The maximum Gasteiger partial charge on any atom is 0.414 e. The molecule has 2 amide bonds. The smallest absolute Gasteiger partial charge is 0.414 e. The van der Waals surface area contributed by atoms with Crippen LogP contribution in [0.5, 0.6) is 5.75 Å². The Morgan fingerprint density at radius 2 is 1.72 bits per heavy atom. The molecule has 11 heteroatoms. The number of hydrogen-bond acceptors (Lipinski definition) is 7. The molecule has 0 saturated carbocycles. The van der Waals surface area contributed by atoms with E-state index in [9.17, 15) is 18.0 Å². The number of ether oxygens (including phenoxy) is 2. The average molecular weight is 559 g/mol. The third-order valence-corrected chi connectivity index (χ3v) is 8.72. The van der Waals surface area contributed by atoms with Crippen molar-refractivity contribution in [3.63, 3.8) is 0 Å². The molecule has 2 aromatic carbocycles. The van der Waals surface area contributed by atoms with Crippen LogP contribution in [0.15, 0.2) is 53.6 Å². The molecule has 1 N–H and O–H groups in total. The van der Waals surface area contributed by atoms with Gasteiger partial charge in [0, 0.05) is 58.4 Å². The molecule has 0 atom stereocenters. The predicted octanol–water partition coefficient (Wildman–Crippen LogP) is 3.43. The van der Waals surface area contributed by atoms with Crippen LogP contribution in [-0.4, -0.2) is 76.5 Å². The summed E-state index contributed by atoms with van der Waals surface area (Å²) in [5.74, 6) is 0.726. The zero-order valence-corrected chi connectivity index (χ0v) is 24.1. The number of nitrogens with one attached hydrogen (secondary N) is 1. The second-order valence-electron chi connectivity index (χ2n) is 9.66. The number of carbonyl (C=O) groups is 2. The number of methoxy groups -OCH3 is 1. The standard InChI is InChI=1S/C28H38N4O6S/c1-20(2)38-28(34)32-14-12-31(13-15-32)24-9-7-8-23(18-24)19-29-26(33)10-11-30(5)39(35,36)27-21(3)16-25(37-6)17-22(27)4/h7-9,16-18H,1,10-15,19H2,2-6H3,(H,29,33). The van der Waals surface area contributed by atoms with Gasteiger partial charge >= 0.3 is 6.09 Å². The summed E-state index contributed by atoms with van der Waals surface area (Å²) >= 11 is 0. The predicted molar refractivity (Wildman–Crippen MR) is 150 cm³/mol. The summed E-state index contributed by atoms with van der Waals surface area (Å²) < 4.78 is 37.9. The van der Waals surface area contributed by atoms with Crippen LogP contribution in [0.25, 0.3) is 0 Å². The molecule has 2 aromatic rings. The van der Waals surface area contributed by atoms with E-state index in [0.717, 1.165) is 11.3 Å². The van der Waals surface area contributed by atoms with Crippen LogP contribution in [0, 0.1) is 13.8 Å². The third kappa shape index (κ3) is 7.73. The van der Waals surface area contributed by atoms with E-state index in [4.69, 9.17) is 9.47 Å². The molecule has 1 aliphatic rings. The van der Waals surface area contributed by atoms with E-state index in [2.05, 4.69) is 16.8 Å². The van der Waals surface area contributed by atoms with Crippen molar-refractivity contribution in [3.05, 3.63) is 65.4 Å². The van der Waals surface area contributed by atoms with E-state index >= 15 is 0 Å². The zero-order chi connectivity index (χ0) is 28.7. The minimum atomic E-state index is -3.77. The van der Waals surface area contributed by atoms with Gasteiger partial charge < -0.3 is 24.6 Å². The fourth-order valence-corrected chi connectivity index (χ4v) is 6.06. The number of amides is 2. The lowest BCUT2D eigenvalue weighted by Crippen LogP contribution is -2.48. The van der Waals surface area contributed by atoms with Crippen molar-refractivity contribution in [1.29, 1.82) is 0 Å². The molecule has 10 nitrogen and oxygen atoms in total. The Labute approximate surface area is 231 Å². The maximum atomic E-state index is 13.2. The lowest BCUT2D eigenvalue weighted by Gasteiger charge is -2.35. The van der Waals surface area contributed by atoms with Crippen LogP contribution in [0.2, 0.25) is 0 Å². The summed E-state index contributed by atoms with van der Waals surface area (Å²) in [6, 6.07) is 11.2. The second kappa shape index (κ2) is 13.0. The number of allylic oxidation sites excluding steroid dienone is 1. The minimum absolute atomic E-state index is 0.0336. The maximum absolute atomic E-state index is 13.2. The first-order chi connectivity index (χ1) is 18.4. The zero-order valence-electron chi connectivity index (χ0n) is 23.3. The number of sulfonamides is 1. The van der Waals surface area contributed by atoms with Crippen LogP contribution < -0.4 is 15.0 Å². The first kappa shape index (κ1) is 30.0. The van der Waals surface area contributed by atoms with Gasteiger partial charge in [-0.1, -0.05) is 18.7 Å². The van der Waals surface area contributed by atoms with E-state index in [0.29, 0.717) is 55.4 Å². The van der Waals surface area contributed by atoms with Crippen molar-refractivity contribution in [1.82, 2.24) is 14.5 Å². The summed E-state index contributed by atoms with van der Waals surface area (Å²) in [6.07, 6.45) is -0.349. The van der Waals surface area contributed by atoms with Crippen LogP contribution in [0.4, 0.5) is 10.5 Å². The van der Waals surface area contributed by atoms with E-state index in [1.54, 1.807) is 37.8 Å². The summed E-state index contributed by atoms with van der Waals surface area (Å²) in [6.45, 7) is 11.5.